The maximum absolute atomic E-state index is 14.3. The molecule has 2 heterocycles. The van der Waals surface area contributed by atoms with Gasteiger partial charge in [0.1, 0.15) is 17.3 Å². The Hall–Kier alpha value is -3.14. The summed E-state index contributed by atoms with van der Waals surface area (Å²) in [7, 11) is 0. The molecule has 0 aliphatic carbocycles. The maximum atomic E-state index is 14.3. The number of nitrogens with one attached hydrogen (secondary N) is 1. The number of benzene rings is 1. The zero-order valence-corrected chi connectivity index (χ0v) is 16.7. The standard InChI is InChI=1S/C21H21F4N3O3/c1-13-10-16(2-3-18(13)31-21(23,24)25)27-20(30)28-7-4-15(5-8-28)19-17(22)11-14(6-9-29)12-26-19/h2-4,10-12,29H,5-9H2,1H3,(H,27,30). The van der Waals surface area contributed by atoms with Crippen LogP contribution in [0.3, 0.4) is 0 Å². The second-order valence-electron chi connectivity index (χ2n) is 7.03. The third-order valence-corrected chi connectivity index (χ3v) is 4.75. The number of amides is 2. The Morgan fingerprint density at radius 2 is 2.10 bits per heavy atom. The van der Waals surface area contributed by atoms with Gasteiger partial charge in [0.05, 0.1) is 0 Å². The molecule has 2 amide bonds. The van der Waals surface area contributed by atoms with E-state index in [1.54, 1.807) is 6.08 Å². The van der Waals surface area contributed by atoms with Gasteiger partial charge in [0.15, 0.2) is 0 Å². The zero-order chi connectivity index (χ0) is 22.6. The number of halogens is 4. The molecular formula is C21H21F4N3O3. The van der Waals surface area contributed by atoms with Crippen LogP contribution in [0.4, 0.5) is 28.0 Å². The number of hydrogen-bond acceptors (Lipinski definition) is 4. The van der Waals surface area contributed by atoms with Crippen LogP contribution in [-0.4, -0.2) is 47.1 Å². The van der Waals surface area contributed by atoms with E-state index in [0.717, 1.165) is 6.07 Å². The van der Waals surface area contributed by atoms with Crippen LogP contribution in [0.5, 0.6) is 5.75 Å². The SMILES string of the molecule is Cc1cc(NC(=O)N2CC=C(c3ncc(CCO)cc3F)CC2)ccc1OC(F)(F)F. The van der Waals surface area contributed by atoms with Gasteiger partial charge in [-0.3, -0.25) is 4.98 Å². The molecular weight excluding hydrogens is 418 g/mol. The summed E-state index contributed by atoms with van der Waals surface area (Å²) in [6, 6.07) is 4.77. The Morgan fingerprint density at radius 3 is 2.68 bits per heavy atom. The average Bonchev–Trinajstić information content (AvgIpc) is 2.70. The van der Waals surface area contributed by atoms with E-state index in [-0.39, 0.29) is 30.2 Å². The van der Waals surface area contributed by atoms with E-state index in [2.05, 4.69) is 15.0 Å². The molecule has 2 N–H and O–H groups in total. The zero-order valence-electron chi connectivity index (χ0n) is 16.7. The number of alkyl halides is 3. The fourth-order valence-corrected chi connectivity index (χ4v) is 3.22. The Morgan fingerprint density at radius 1 is 1.32 bits per heavy atom. The number of ether oxygens (including phenoxy) is 1. The van der Waals surface area contributed by atoms with E-state index in [0.29, 0.717) is 36.2 Å². The molecule has 166 valence electrons. The summed E-state index contributed by atoms with van der Waals surface area (Å²) < 4.78 is 55.3. The minimum absolute atomic E-state index is 0.0924. The first-order valence-electron chi connectivity index (χ1n) is 9.53. The predicted molar refractivity (Wildman–Crippen MR) is 106 cm³/mol. The fraction of sp³-hybridized carbons (Fsp3) is 0.333. The number of aryl methyl sites for hydroxylation is 1. The topological polar surface area (TPSA) is 74.7 Å². The number of aromatic nitrogens is 1. The van der Waals surface area contributed by atoms with Gasteiger partial charge in [-0.25, -0.2) is 9.18 Å². The first-order chi connectivity index (χ1) is 14.7. The van der Waals surface area contributed by atoms with Crippen molar-refractivity contribution in [3.05, 3.63) is 59.2 Å². The fourth-order valence-electron chi connectivity index (χ4n) is 3.22. The van der Waals surface area contributed by atoms with Gasteiger partial charge in [-0.1, -0.05) is 6.08 Å². The van der Waals surface area contributed by atoms with Gasteiger partial charge < -0.3 is 20.1 Å². The van der Waals surface area contributed by atoms with Gasteiger partial charge in [-0.05, 0) is 60.7 Å². The number of urea groups is 1. The normalized spacial score (nSPS) is 14.3. The highest BCUT2D eigenvalue weighted by Crippen LogP contribution is 2.28. The lowest BCUT2D eigenvalue weighted by molar-refractivity contribution is -0.274. The van der Waals surface area contributed by atoms with Crippen molar-refractivity contribution in [3.63, 3.8) is 0 Å². The number of pyridine rings is 1. The Bertz CT molecular complexity index is 992. The lowest BCUT2D eigenvalue weighted by Gasteiger charge is -2.27. The summed E-state index contributed by atoms with van der Waals surface area (Å²) in [5.41, 5.74) is 2.06. The largest absolute Gasteiger partial charge is 0.573 e. The molecule has 0 saturated carbocycles. The second kappa shape index (κ2) is 9.34. The summed E-state index contributed by atoms with van der Waals surface area (Å²) in [4.78, 5) is 18.1. The predicted octanol–water partition coefficient (Wildman–Crippen LogP) is 4.28. The number of nitrogens with zero attached hydrogens (tertiary/aromatic N) is 2. The van der Waals surface area contributed by atoms with Crippen molar-refractivity contribution in [2.75, 3.05) is 25.0 Å². The molecule has 31 heavy (non-hydrogen) atoms. The summed E-state index contributed by atoms with van der Waals surface area (Å²) in [5.74, 6) is -0.817. The van der Waals surface area contributed by atoms with E-state index < -0.39 is 18.2 Å². The minimum Gasteiger partial charge on any atom is -0.406 e. The summed E-state index contributed by atoms with van der Waals surface area (Å²) in [6.45, 7) is 1.91. The molecule has 1 aliphatic rings. The van der Waals surface area contributed by atoms with Gasteiger partial charge in [-0.2, -0.15) is 0 Å². The van der Waals surface area contributed by atoms with Crippen molar-refractivity contribution in [3.8, 4) is 5.75 Å². The molecule has 3 rings (SSSR count). The van der Waals surface area contributed by atoms with Crippen molar-refractivity contribution < 1.29 is 32.2 Å². The maximum Gasteiger partial charge on any atom is 0.573 e. The molecule has 1 aliphatic heterocycles. The molecule has 1 aromatic carbocycles. The highest BCUT2D eigenvalue weighted by Gasteiger charge is 2.31. The van der Waals surface area contributed by atoms with Gasteiger partial charge in [0, 0.05) is 31.6 Å². The van der Waals surface area contributed by atoms with Gasteiger partial charge in [0.25, 0.3) is 0 Å². The van der Waals surface area contributed by atoms with Crippen LogP contribution in [-0.2, 0) is 6.42 Å². The number of carbonyl (C=O) groups excluding carboxylic acids is 1. The monoisotopic (exact) mass is 439 g/mol. The third-order valence-electron chi connectivity index (χ3n) is 4.75. The molecule has 0 fully saturated rings. The van der Waals surface area contributed by atoms with Crippen LogP contribution in [0, 0.1) is 12.7 Å². The van der Waals surface area contributed by atoms with Crippen LogP contribution < -0.4 is 10.1 Å². The number of anilines is 1. The van der Waals surface area contributed by atoms with Crippen LogP contribution >= 0.6 is 0 Å². The van der Waals surface area contributed by atoms with Crippen LogP contribution in [0.15, 0.2) is 36.5 Å². The highest BCUT2D eigenvalue weighted by molar-refractivity contribution is 5.90. The number of carbonyl (C=O) groups is 1. The summed E-state index contributed by atoms with van der Waals surface area (Å²) >= 11 is 0. The van der Waals surface area contributed by atoms with Gasteiger partial charge in [0.2, 0.25) is 0 Å². The van der Waals surface area contributed by atoms with Crippen molar-refractivity contribution in [2.45, 2.75) is 26.1 Å². The van der Waals surface area contributed by atoms with E-state index >= 15 is 0 Å². The quantitative estimate of drug-likeness (QED) is 0.682. The molecule has 0 bridgehead atoms. The van der Waals surface area contributed by atoms with Crippen molar-refractivity contribution in [2.24, 2.45) is 0 Å². The molecule has 0 unspecified atom stereocenters. The second-order valence-corrected chi connectivity index (χ2v) is 7.03. The van der Waals surface area contributed by atoms with E-state index in [9.17, 15) is 22.4 Å². The Labute approximate surface area is 176 Å². The van der Waals surface area contributed by atoms with Crippen LogP contribution in [0.1, 0.15) is 23.2 Å². The first-order valence-corrected chi connectivity index (χ1v) is 9.53. The number of aliphatic hydroxyl groups is 1. The molecule has 1 aromatic heterocycles. The Kier molecular flexibility index (Phi) is 6.79. The summed E-state index contributed by atoms with van der Waals surface area (Å²) in [6.07, 6.45) is -0.844. The molecule has 0 saturated heterocycles. The van der Waals surface area contributed by atoms with E-state index in [4.69, 9.17) is 5.11 Å². The van der Waals surface area contributed by atoms with Crippen molar-refractivity contribution in [1.82, 2.24) is 9.88 Å². The summed E-state index contributed by atoms with van der Waals surface area (Å²) in [5, 5.41) is 11.6. The number of hydrogen-bond donors (Lipinski definition) is 2. The van der Waals surface area contributed by atoms with Crippen LogP contribution in [0.25, 0.3) is 5.57 Å². The van der Waals surface area contributed by atoms with Crippen LogP contribution in [0.2, 0.25) is 0 Å². The highest BCUT2D eigenvalue weighted by atomic mass is 19.4. The first kappa shape index (κ1) is 22.5. The molecule has 0 radical (unpaired) electrons. The van der Waals surface area contributed by atoms with Gasteiger partial charge in [-0.15, -0.1) is 13.2 Å². The van der Waals surface area contributed by atoms with E-state index in [1.165, 1.54) is 36.2 Å². The minimum atomic E-state index is -4.79. The molecule has 10 heteroatoms. The molecule has 0 atom stereocenters. The lowest BCUT2D eigenvalue weighted by Crippen LogP contribution is -2.38. The van der Waals surface area contributed by atoms with Gasteiger partial charge >= 0.3 is 12.4 Å². The Balaban J connectivity index is 1.62. The lowest BCUT2D eigenvalue weighted by atomic mass is 10.0. The average molecular weight is 439 g/mol. The van der Waals surface area contributed by atoms with Crippen molar-refractivity contribution in [1.29, 1.82) is 0 Å². The molecule has 0 spiro atoms. The number of aliphatic hydroxyl groups excluding tert-OH is 1. The molecule has 6 nitrogen and oxygen atoms in total. The van der Waals surface area contributed by atoms with E-state index in [1.807, 2.05) is 0 Å². The molecule has 2 aromatic rings. The number of rotatable bonds is 5. The third kappa shape index (κ3) is 5.94. The van der Waals surface area contributed by atoms with Crippen molar-refractivity contribution >= 4 is 17.3 Å². The smallest absolute Gasteiger partial charge is 0.406 e.